The van der Waals surface area contributed by atoms with E-state index in [1.54, 1.807) is 17.0 Å². The third-order valence-corrected chi connectivity index (χ3v) is 3.89. The Morgan fingerprint density at radius 3 is 2.52 bits per heavy atom. The van der Waals surface area contributed by atoms with Crippen molar-refractivity contribution in [1.29, 1.82) is 0 Å². The van der Waals surface area contributed by atoms with Crippen LogP contribution in [0.1, 0.15) is 12.0 Å². The van der Waals surface area contributed by atoms with Crippen LogP contribution in [0.4, 0.5) is 10.1 Å². The SMILES string of the molecule is O=C(Cc1ccc(F)cc1)N[C@@H]1CCN(c2ccccc2)C1=O. The molecule has 0 saturated carbocycles. The number of hydrogen-bond acceptors (Lipinski definition) is 2. The van der Waals surface area contributed by atoms with Crippen molar-refractivity contribution in [2.75, 3.05) is 11.4 Å². The Bertz CT molecular complexity index is 701. The second-order valence-corrected chi connectivity index (χ2v) is 5.54. The summed E-state index contributed by atoms with van der Waals surface area (Å²) in [4.78, 5) is 26.2. The van der Waals surface area contributed by atoms with Gasteiger partial charge in [-0.1, -0.05) is 30.3 Å². The van der Waals surface area contributed by atoms with Crippen LogP contribution >= 0.6 is 0 Å². The molecule has 0 bridgehead atoms. The van der Waals surface area contributed by atoms with E-state index in [2.05, 4.69) is 5.32 Å². The number of benzene rings is 2. The van der Waals surface area contributed by atoms with Crippen molar-refractivity contribution in [3.63, 3.8) is 0 Å². The number of hydrogen-bond donors (Lipinski definition) is 1. The van der Waals surface area contributed by atoms with Gasteiger partial charge < -0.3 is 10.2 Å². The lowest BCUT2D eigenvalue weighted by Gasteiger charge is -2.17. The molecule has 1 aliphatic heterocycles. The molecule has 0 aliphatic carbocycles. The molecule has 2 aromatic rings. The fourth-order valence-electron chi connectivity index (χ4n) is 2.71. The number of para-hydroxylation sites is 1. The Morgan fingerprint density at radius 2 is 1.83 bits per heavy atom. The number of rotatable bonds is 4. The van der Waals surface area contributed by atoms with Crippen LogP contribution in [0.15, 0.2) is 54.6 Å². The van der Waals surface area contributed by atoms with Crippen molar-refractivity contribution in [1.82, 2.24) is 5.32 Å². The van der Waals surface area contributed by atoms with Gasteiger partial charge in [-0.05, 0) is 36.2 Å². The monoisotopic (exact) mass is 312 g/mol. The van der Waals surface area contributed by atoms with Crippen molar-refractivity contribution in [3.05, 3.63) is 66.0 Å². The lowest BCUT2D eigenvalue weighted by atomic mass is 10.1. The summed E-state index contributed by atoms with van der Waals surface area (Å²) in [5.41, 5.74) is 1.56. The average molecular weight is 312 g/mol. The highest BCUT2D eigenvalue weighted by atomic mass is 19.1. The Morgan fingerprint density at radius 1 is 1.13 bits per heavy atom. The van der Waals surface area contributed by atoms with Gasteiger partial charge in [0.2, 0.25) is 11.8 Å². The Balaban J connectivity index is 1.59. The molecular formula is C18H17FN2O2. The molecule has 1 heterocycles. The Kier molecular flexibility index (Phi) is 4.37. The normalized spacial score (nSPS) is 17.3. The maximum atomic E-state index is 12.9. The van der Waals surface area contributed by atoms with Gasteiger partial charge in [0.1, 0.15) is 11.9 Å². The van der Waals surface area contributed by atoms with E-state index in [0.717, 1.165) is 5.69 Å². The zero-order valence-electron chi connectivity index (χ0n) is 12.5. The number of anilines is 1. The lowest BCUT2D eigenvalue weighted by molar-refractivity contribution is -0.126. The molecule has 1 aliphatic rings. The largest absolute Gasteiger partial charge is 0.344 e. The molecule has 0 spiro atoms. The third-order valence-electron chi connectivity index (χ3n) is 3.89. The first-order valence-corrected chi connectivity index (χ1v) is 7.54. The summed E-state index contributed by atoms with van der Waals surface area (Å²) in [5, 5.41) is 2.77. The van der Waals surface area contributed by atoms with Gasteiger partial charge in [0.05, 0.1) is 6.42 Å². The van der Waals surface area contributed by atoms with Gasteiger partial charge in [-0.15, -0.1) is 0 Å². The van der Waals surface area contributed by atoms with Crippen molar-refractivity contribution < 1.29 is 14.0 Å². The van der Waals surface area contributed by atoms with E-state index in [1.165, 1.54) is 12.1 Å². The van der Waals surface area contributed by atoms with Gasteiger partial charge in [0, 0.05) is 12.2 Å². The number of nitrogens with zero attached hydrogens (tertiary/aromatic N) is 1. The first-order valence-electron chi connectivity index (χ1n) is 7.54. The second kappa shape index (κ2) is 6.60. The predicted molar refractivity (Wildman–Crippen MR) is 85.4 cm³/mol. The molecule has 5 heteroatoms. The van der Waals surface area contributed by atoms with Crippen LogP contribution in [-0.4, -0.2) is 24.4 Å². The molecule has 0 radical (unpaired) electrons. The van der Waals surface area contributed by atoms with Crippen LogP contribution in [0.5, 0.6) is 0 Å². The summed E-state index contributed by atoms with van der Waals surface area (Å²) < 4.78 is 12.9. The zero-order valence-corrected chi connectivity index (χ0v) is 12.5. The highest BCUT2D eigenvalue weighted by Gasteiger charge is 2.33. The number of nitrogens with one attached hydrogen (secondary N) is 1. The summed E-state index contributed by atoms with van der Waals surface area (Å²) in [6, 6.07) is 14.7. The summed E-state index contributed by atoms with van der Waals surface area (Å²) in [6.07, 6.45) is 0.721. The quantitative estimate of drug-likeness (QED) is 0.942. The third kappa shape index (κ3) is 3.56. The van der Waals surface area contributed by atoms with Crippen molar-refractivity contribution >= 4 is 17.5 Å². The maximum absolute atomic E-state index is 12.9. The number of carbonyl (C=O) groups is 2. The number of amides is 2. The molecular weight excluding hydrogens is 295 g/mol. The maximum Gasteiger partial charge on any atom is 0.249 e. The van der Waals surface area contributed by atoms with Gasteiger partial charge in [0.25, 0.3) is 0 Å². The second-order valence-electron chi connectivity index (χ2n) is 5.54. The molecule has 1 fully saturated rings. The van der Waals surface area contributed by atoms with Crippen LogP contribution in [0.25, 0.3) is 0 Å². The molecule has 1 saturated heterocycles. The van der Waals surface area contributed by atoms with Crippen LogP contribution in [-0.2, 0) is 16.0 Å². The van der Waals surface area contributed by atoms with E-state index in [4.69, 9.17) is 0 Å². The van der Waals surface area contributed by atoms with Crippen molar-refractivity contribution in [2.24, 2.45) is 0 Å². The van der Waals surface area contributed by atoms with Crippen LogP contribution in [0.3, 0.4) is 0 Å². The highest BCUT2D eigenvalue weighted by Crippen LogP contribution is 2.21. The summed E-state index contributed by atoms with van der Waals surface area (Å²) in [7, 11) is 0. The smallest absolute Gasteiger partial charge is 0.249 e. The standard InChI is InChI=1S/C18H17FN2O2/c19-14-8-6-13(7-9-14)12-17(22)20-16-10-11-21(18(16)23)15-4-2-1-3-5-15/h1-9,16H,10-12H2,(H,20,22)/t16-/m1/s1. The predicted octanol–water partition coefficient (Wildman–Crippen LogP) is 2.29. The number of halogens is 1. The molecule has 23 heavy (non-hydrogen) atoms. The van der Waals surface area contributed by atoms with E-state index < -0.39 is 6.04 Å². The molecule has 0 unspecified atom stereocenters. The molecule has 1 atom stereocenters. The zero-order chi connectivity index (χ0) is 16.2. The minimum Gasteiger partial charge on any atom is -0.344 e. The van der Waals surface area contributed by atoms with E-state index in [-0.39, 0.29) is 24.1 Å². The van der Waals surface area contributed by atoms with Crippen molar-refractivity contribution in [3.8, 4) is 0 Å². The summed E-state index contributed by atoms with van der Waals surface area (Å²) in [5.74, 6) is -0.660. The molecule has 3 rings (SSSR count). The van der Waals surface area contributed by atoms with Gasteiger partial charge in [-0.3, -0.25) is 9.59 Å². The first kappa shape index (κ1) is 15.2. The van der Waals surface area contributed by atoms with E-state index in [0.29, 0.717) is 18.5 Å². The van der Waals surface area contributed by atoms with Crippen LogP contribution < -0.4 is 10.2 Å². The molecule has 1 N–H and O–H groups in total. The fourth-order valence-corrected chi connectivity index (χ4v) is 2.71. The van der Waals surface area contributed by atoms with Gasteiger partial charge in [-0.2, -0.15) is 0 Å². The lowest BCUT2D eigenvalue weighted by Crippen LogP contribution is -2.42. The Labute approximate surface area is 133 Å². The van der Waals surface area contributed by atoms with Crippen LogP contribution in [0.2, 0.25) is 0 Å². The van der Waals surface area contributed by atoms with Crippen LogP contribution in [0, 0.1) is 5.82 Å². The average Bonchev–Trinajstić information content (AvgIpc) is 2.91. The van der Waals surface area contributed by atoms with E-state index in [1.807, 2.05) is 30.3 Å². The molecule has 4 nitrogen and oxygen atoms in total. The van der Waals surface area contributed by atoms with Gasteiger partial charge in [0.15, 0.2) is 0 Å². The summed E-state index contributed by atoms with van der Waals surface area (Å²) in [6.45, 7) is 0.588. The molecule has 118 valence electrons. The Hall–Kier alpha value is -2.69. The van der Waals surface area contributed by atoms with E-state index in [9.17, 15) is 14.0 Å². The summed E-state index contributed by atoms with van der Waals surface area (Å²) >= 11 is 0. The highest BCUT2D eigenvalue weighted by molar-refractivity contribution is 6.01. The van der Waals surface area contributed by atoms with Gasteiger partial charge in [-0.25, -0.2) is 4.39 Å². The minimum atomic E-state index is -0.497. The van der Waals surface area contributed by atoms with Gasteiger partial charge >= 0.3 is 0 Å². The minimum absolute atomic E-state index is 0.0938. The fraction of sp³-hybridized carbons (Fsp3) is 0.222. The topological polar surface area (TPSA) is 49.4 Å². The molecule has 2 amide bonds. The molecule has 2 aromatic carbocycles. The first-order chi connectivity index (χ1) is 11.1. The van der Waals surface area contributed by atoms with Crippen molar-refractivity contribution in [2.45, 2.75) is 18.9 Å². The number of carbonyl (C=O) groups excluding carboxylic acids is 2. The molecule has 0 aromatic heterocycles. The van der Waals surface area contributed by atoms with E-state index >= 15 is 0 Å².